The molecule has 1 unspecified atom stereocenters. The molecule has 0 saturated carbocycles. The summed E-state index contributed by atoms with van der Waals surface area (Å²) in [5.74, 6) is -0.289. The fourth-order valence-electron chi connectivity index (χ4n) is 1.99. The van der Waals surface area contributed by atoms with Gasteiger partial charge in [0.05, 0.1) is 12.5 Å². The van der Waals surface area contributed by atoms with Gasteiger partial charge < -0.3 is 15.2 Å². The van der Waals surface area contributed by atoms with Crippen molar-refractivity contribution in [2.45, 2.75) is 33.6 Å². The first-order chi connectivity index (χ1) is 10.3. The molecule has 0 aromatic heterocycles. The molecular formula is C17H25NO4. The fraction of sp³-hybridized carbons (Fsp3) is 0.529. The van der Waals surface area contributed by atoms with Gasteiger partial charge in [-0.1, -0.05) is 19.1 Å². The number of nitrogens with one attached hydrogen (secondary N) is 1. The lowest BCUT2D eigenvalue weighted by atomic mass is 9.89. The van der Waals surface area contributed by atoms with Crippen LogP contribution in [0.4, 0.5) is 0 Å². The number of amides is 1. The Labute approximate surface area is 131 Å². The van der Waals surface area contributed by atoms with E-state index in [1.807, 2.05) is 31.2 Å². The molecule has 0 radical (unpaired) electrons. The maximum absolute atomic E-state index is 12.0. The van der Waals surface area contributed by atoms with E-state index >= 15 is 0 Å². The van der Waals surface area contributed by atoms with Gasteiger partial charge in [0.1, 0.15) is 5.75 Å². The monoisotopic (exact) mass is 307 g/mol. The van der Waals surface area contributed by atoms with E-state index in [4.69, 9.17) is 9.84 Å². The van der Waals surface area contributed by atoms with Crippen LogP contribution in [0.15, 0.2) is 24.3 Å². The highest BCUT2D eigenvalue weighted by Gasteiger charge is 2.26. The number of aliphatic carboxylic acids is 1. The first-order valence-electron chi connectivity index (χ1n) is 7.40. The number of hydrogen-bond donors (Lipinski definition) is 2. The second-order valence-corrected chi connectivity index (χ2v) is 6.18. The Morgan fingerprint density at radius 1 is 1.27 bits per heavy atom. The highest BCUT2D eigenvalue weighted by molar-refractivity contribution is 5.78. The van der Waals surface area contributed by atoms with Crippen molar-refractivity contribution in [1.82, 2.24) is 5.32 Å². The summed E-state index contributed by atoms with van der Waals surface area (Å²) in [6.45, 7) is 5.54. The van der Waals surface area contributed by atoms with E-state index in [0.717, 1.165) is 11.3 Å². The lowest BCUT2D eigenvalue weighted by Crippen LogP contribution is -2.35. The van der Waals surface area contributed by atoms with Crippen LogP contribution >= 0.6 is 0 Å². The van der Waals surface area contributed by atoms with Crippen LogP contribution in [0.1, 0.15) is 32.8 Å². The van der Waals surface area contributed by atoms with Gasteiger partial charge in [-0.25, -0.2) is 0 Å². The third-order valence-electron chi connectivity index (χ3n) is 3.78. The summed E-state index contributed by atoms with van der Waals surface area (Å²) in [7, 11) is 1.61. The molecule has 0 spiro atoms. The first-order valence-corrected chi connectivity index (χ1v) is 7.40. The highest BCUT2D eigenvalue weighted by Crippen LogP contribution is 2.19. The number of benzene rings is 1. The van der Waals surface area contributed by atoms with Crippen LogP contribution in [0.5, 0.6) is 5.75 Å². The molecule has 0 fully saturated rings. The van der Waals surface area contributed by atoms with Crippen molar-refractivity contribution in [3.05, 3.63) is 29.8 Å². The lowest BCUT2D eigenvalue weighted by molar-refractivity contribution is -0.147. The van der Waals surface area contributed by atoms with Crippen molar-refractivity contribution < 1.29 is 19.4 Å². The topological polar surface area (TPSA) is 75.6 Å². The minimum absolute atomic E-state index is 0.0583. The number of carboxylic acid groups (broad SMARTS) is 1. The molecule has 5 nitrogen and oxygen atoms in total. The summed E-state index contributed by atoms with van der Waals surface area (Å²) >= 11 is 0. The smallest absolute Gasteiger partial charge is 0.309 e. The van der Waals surface area contributed by atoms with Crippen molar-refractivity contribution in [3.8, 4) is 5.75 Å². The largest absolute Gasteiger partial charge is 0.497 e. The Morgan fingerprint density at radius 3 is 2.36 bits per heavy atom. The summed E-state index contributed by atoms with van der Waals surface area (Å²) in [5, 5.41) is 11.8. The predicted molar refractivity (Wildman–Crippen MR) is 84.9 cm³/mol. The number of hydrogen-bond acceptors (Lipinski definition) is 3. The Bertz CT molecular complexity index is 508. The van der Waals surface area contributed by atoms with Gasteiger partial charge in [-0.15, -0.1) is 0 Å². The minimum atomic E-state index is -0.854. The molecule has 5 heteroatoms. The van der Waals surface area contributed by atoms with Crippen molar-refractivity contribution >= 4 is 11.9 Å². The number of rotatable bonds is 8. The summed E-state index contributed by atoms with van der Waals surface area (Å²) in [6, 6.07) is 7.62. The van der Waals surface area contributed by atoms with Gasteiger partial charge >= 0.3 is 5.97 Å². The minimum Gasteiger partial charge on any atom is -0.497 e. The second kappa shape index (κ2) is 7.82. The Hall–Kier alpha value is -2.04. The van der Waals surface area contributed by atoms with Crippen LogP contribution in [0.3, 0.4) is 0 Å². The van der Waals surface area contributed by atoms with Crippen molar-refractivity contribution in [3.63, 3.8) is 0 Å². The molecular weight excluding hydrogens is 282 g/mol. The maximum atomic E-state index is 12.0. The molecule has 0 bridgehead atoms. The van der Waals surface area contributed by atoms with E-state index in [-0.39, 0.29) is 11.8 Å². The summed E-state index contributed by atoms with van der Waals surface area (Å²) in [5.41, 5.74) is 0.237. The van der Waals surface area contributed by atoms with Crippen LogP contribution in [-0.4, -0.2) is 30.6 Å². The fourth-order valence-corrected chi connectivity index (χ4v) is 1.99. The maximum Gasteiger partial charge on any atom is 0.309 e. The molecule has 0 aliphatic heterocycles. The molecule has 1 rings (SSSR count). The van der Waals surface area contributed by atoms with Gasteiger partial charge in [-0.2, -0.15) is 0 Å². The van der Waals surface area contributed by atoms with Gasteiger partial charge in [0, 0.05) is 12.5 Å². The van der Waals surface area contributed by atoms with Crippen LogP contribution in [0.25, 0.3) is 0 Å². The standard InChI is InChI=1S/C17H25NO4/c1-12(11-13-5-7-14(22-4)8-6-13)15(19)18-10-9-17(2,3)16(20)21/h5-8,12H,9-11H2,1-4H3,(H,18,19)(H,20,21). The number of methoxy groups -OCH3 is 1. The number of ether oxygens (including phenoxy) is 1. The molecule has 22 heavy (non-hydrogen) atoms. The van der Waals surface area contributed by atoms with Crippen LogP contribution in [0.2, 0.25) is 0 Å². The predicted octanol–water partition coefficient (Wildman–Crippen LogP) is 2.49. The van der Waals surface area contributed by atoms with Gasteiger partial charge in [0.25, 0.3) is 0 Å². The quantitative estimate of drug-likeness (QED) is 0.773. The van der Waals surface area contributed by atoms with Gasteiger partial charge in [-0.05, 0) is 44.4 Å². The van der Waals surface area contributed by atoms with E-state index in [1.54, 1.807) is 21.0 Å². The molecule has 122 valence electrons. The van der Waals surface area contributed by atoms with E-state index in [1.165, 1.54) is 0 Å². The second-order valence-electron chi connectivity index (χ2n) is 6.18. The van der Waals surface area contributed by atoms with Crippen molar-refractivity contribution in [2.24, 2.45) is 11.3 Å². The normalized spacial score (nSPS) is 12.5. The molecule has 1 amide bonds. The van der Waals surface area contributed by atoms with Crippen LogP contribution < -0.4 is 10.1 Å². The SMILES string of the molecule is COc1ccc(CC(C)C(=O)NCCC(C)(C)C(=O)O)cc1. The van der Waals surface area contributed by atoms with Crippen LogP contribution in [0, 0.1) is 11.3 Å². The number of carbonyl (C=O) groups is 2. The van der Waals surface area contributed by atoms with Crippen molar-refractivity contribution in [1.29, 1.82) is 0 Å². The number of carboxylic acids is 1. The average molecular weight is 307 g/mol. The molecule has 0 aliphatic rings. The van der Waals surface area contributed by atoms with E-state index in [0.29, 0.717) is 19.4 Å². The van der Waals surface area contributed by atoms with Gasteiger partial charge in [-0.3, -0.25) is 9.59 Å². The number of carbonyl (C=O) groups excluding carboxylic acids is 1. The van der Waals surface area contributed by atoms with Crippen LogP contribution in [-0.2, 0) is 16.0 Å². The average Bonchev–Trinajstić information content (AvgIpc) is 2.47. The molecule has 2 N–H and O–H groups in total. The van der Waals surface area contributed by atoms with Crippen molar-refractivity contribution in [2.75, 3.05) is 13.7 Å². The summed E-state index contributed by atoms with van der Waals surface area (Å²) in [4.78, 5) is 23.0. The lowest BCUT2D eigenvalue weighted by Gasteiger charge is -2.20. The first kappa shape index (κ1) is 18.0. The highest BCUT2D eigenvalue weighted by atomic mass is 16.5. The Morgan fingerprint density at radius 2 is 1.86 bits per heavy atom. The Balaban J connectivity index is 2.43. The van der Waals surface area contributed by atoms with E-state index < -0.39 is 11.4 Å². The zero-order valence-electron chi connectivity index (χ0n) is 13.7. The summed E-state index contributed by atoms with van der Waals surface area (Å²) < 4.78 is 5.10. The van der Waals surface area contributed by atoms with E-state index in [9.17, 15) is 9.59 Å². The third kappa shape index (κ3) is 5.39. The molecule has 0 saturated heterocycles. The molecule has 1 aromatic rings. The third-order valence-corrected chi connectivity index (χ3v) is 3.78. The zero-order chi connectivity index (χ0) is 16.8. The summed E-state index contributed by atoms with van der Waals surface area (Å²) in [6.07, 6.45) is 1.04. The molecule has 0 aliphatic carbocycles. The van der Waals surface area contributed by atoms with E-state index in [2.05, 4.69) is 5.32 Å². The van der Waals surface area contributed by atoms with Gasteiger partial charge in [0.2, 0.25) is 5.91 Å². The molecule has 1 atom stereocenters. The molecule has 0 heterocycles. The van der Waals surface area contributed by atoms with Gasteiger partial charge in [0.15, 0.2) is 0 Å². The Kier molecular flexibility index (Phi) is 6.40. The zero-order valence-corrected chi connectivity index (χ0v) is 13.7. The molecule has 1 aromatic carbocycles.